The van der Waals surface area contributed by atoms with Crippen LogP contribution in [-0.4, -0.2) is 20.1 Å². The van der Waals surface area contributed by atoms with E-state index in [9.17, 15) is 17.2 Å². The molecule has 0 amide bonds. The predicted molar refractivity (Wildman–Crippen MR) is 77.3 cm³/mol. The van der Waals surface area contributed by atoms with Gasteiger partial charge in [0.05, 0.1) is 5.02 Å². The maximum Gasteiger partial charge on any atom is 0.271 e. The van der Waals surface area contributed by atoms with E-state index in [1.165, 1.54) is 6.07 Å². The van der Waals surface area contributed by atoms with Gasteiger partial charge in [-0.2, -0.15) is 0 Å². The maximum atomic E-state index is 13.6. The molecule has 1 aromatic carbocycles. The zero-order chi connectivity index (χ0) is 15.6. The standard InChI is InChI=1S/C12H10ClF2NO3S2/c13-9-5-7(14)6-10(15)12(9)16-21(18,19)11-2-1-8(20-11)3-4-17/h1-2,5-6,16-17H,3-4H2. The number of nitrogens with one attached hydrogen (secondary N) is 1. The van der Waals surface area contributed by atoms with Crippen molar-refractivity contribution >= 4 is 38.6 Å². The first-order chi connectivity index (χ1) is 9.83. The molecule has 114 valence electrons. The minimum Gasteiger partial charge on any atom is -0.396 e. The molecule has 0 radical (unpaired) electrons. The Kier molecular flexibility index (Phi) is 4.82. The summed E-state index contributed by atoms with van der Waals surface area (Å²) in [6, 6.07) is 4.24. The van der Waals surface area contributed by atoms with Gasteiger partial charge in [-0.1, -0.05) is 11.6 Å². The Morgan fingerprint density at radius 3 is 2.62 bits per heavy atom. The summed E-state index contributed by atoms with van der Waals surface area (Å²) in [5.74, 6) is -2.00. The number of benzene rings is 1. The summed E-state index contributed by atoms with van der Waals surface area (Å²) in [4.78, 5) is 0.670. The summed E-state index contributed by atoms with van der Waals surface area (Å²) in [6.07, 6.45) is 0.325. The Hall–Kier alpha value is -1.22. The summed E-state index contributed by atoms with van der Waals surface area (Å²) in [5, 5.41) is 8.43. The van der Waals surface area contributed by atoms with Gasteiger partial charge in [0.25, 0.3) is 10.0 Å². The number of halogens is 3. The van der Waals surface area contributed by atoms with Gasteiger partial charge in [0.15, 0.2) is 5.82 Å². The van der Waals surface area contributed by atoms with Gasteiger partial charge in [0.2, 0.25) is 0 Å². The number of anilines is 1. The van der Waals surface area contributed by atoms with E-state index in [2.05, 4.69) is 0 Å². The second-order valence-corrected chi connectivity index (χ2v) is 7.53. The lowest BCUT2D eigenvalue weighted by Gasteiger charge is -2.09. The predicted octanol–water partition coefficient (Wildman–Crippen LogP) is 3.02. The minimum atomic E-state index is -4.03. The third-order valence-electron chi connectivity index (χ3n) is 2.50. The molecular weight excluding hydrogens is 344 g/mol. The monoisotopic (exact) mass is 353 g/mol. The van der Waals surface area contributed by atoms with Crippen LogP contribution < -0.4 is 4.72 Å². The minimum absolute atomic E-state index is 0.0502. The summed E-state index contributed by atoms with van der Waals surface area (Å²) in [6.45, 7) is -0.105. The van der Waals surface area contributed by atoms with Crippen molar-refractivity contribution in [3.63, 3.8) is 0 Å². The van der Waals surface area contributed by atoms with Gasteiger partial charge in [0.1, 0.15) is 15.7 Å². The molecule has 0 saturated carbocycles. The number of sulfonamides is 1. The third-order valence-corrected chi connectivity index (χ3v) is 5.79. The Bertz CT molecular complexity index is 739. The van der Waals surface area contributed by atoms with Crippen molar-refractivity contribution in [2.75, 3.05) is 11.3 Å². The van der Waals surface area contributed by atoms with Gasteiger partial charge < -0.3 is 5.11 Å². The zero-order valence-corrected chi connectivity index (χ0v) is 12.8. The van der Waals surface area contributed by atoms with Crippen molar-refractivity contribution < 1.29 is 22.3 Å². The van der Waals surface area contributed by atoms with E-state index in [-0.39, 0.29) is 15.8 Å². The quantitative estimate of drug-likeness (QED) is 0.868. The van der Waals surface area contributed by atoms with Crippen molar-refractivity contribution in [2.45, 2.75) is 10.6 Å². The van der Waals surface area contributed by atoms with Crippen LogP contribution in [0.2, 0.25) is 5.02 Å². The molecule has 2 N–H and O–H groups in total. The Labute approximate surface area is 129 Å². The normalized spacial score (nSPS) is 11.6. The first-order valence-corrected chi connectivity index (χ1v) is 8.38. The highest BCUT2D eigenvalue weighted by Gasteiger charge is 2.21. The van der Waals surface area contributed by atoms with Crippen molar-refractivity contribution in [2.24, 2.45) is 0 Å². The van der Waals surface area contributed by atoms with Crippen LogP contribution in [0.5, 0.6) is 0 Å². The largest absolute Gasteiger partial charge is 0.396 e. The van der Waals surface area contributed by atoms with Gasteiger partial charge in [0, 0.05) is 24.0 Å². The lowest BCUT2D eigenvalue weighted by atomic mass is 10.3. The fourth-order valence-corrected chi connectivity index (χ4v) is 4.30. The molecule has 0 atom stereocenters. The summed E-state index contributed by atoms with van der Waals surface area (Å²) in [5.41, 5.74) is -0.504. The molecule has 0 saturated heterocycles. The van der Waals surface area contributed by atoms with Crippen LogP contribution in [0, 0.1) is 11.6 Å². The van der Waals surface area contributed by atoms with Gasteiger partial charge in [-0.3, -0.25) is 4.72 Å². The zero-order valence-electron chi connectivity index (χ0n) is 10.4. The van der Waals surface area contributed by atoms with E-state index in [0.29, 0.717) is 17.4 Å². The summed E-state index contributed by atoms with van der Waals surface area (Å²) < 4.78 is 52.7. The van der Waals surface area contributed by atoms with E-state index >= 15 is 0 Å². The second-order valence-electron chi connectivity index (χ2n) is 4.04. The molecule has 0 bridgehead atoms. The van der Waals surface area contributed by atoms with Crippen LogP contribution in [0.1, 0.15) is 4.88 Å². The number of aliphatic hydroxyl groups excluding tert-OH is 1. The number of thiophene rings is 1. The SMILES string of the molecule is O=S(=O)(Nc1c(F)cc(F)cc1Cl)c1ccc(CCO)s1. The number of hydrogen-bond donors (Lipinski definition) is 2. The van der Waals surface area contributed by atoms with Crippen molar-refractivity contribution in [3.8, 4) is 0 Å². The second kappa shape index (κ2) is 6.27. The summed E-state index contributed by atoms with van der Waals surface area (Å²) >= 11 is 6.60. The third kappa shape index (κ3) is 3.70. The van der Waals surface area contributed by atoms with Crippen molar-refractivity contribution in [1.29, 1.82) is 0 Å². The fraction of sp³-hybridized carbons (Fsp3) is 0.167. The van der Waals surface area contributed by atoms with Crippen molar-refractivity contribution in [1.82, 2.24) is 0 Å². The highest BCUT2D eigenvalue weighted by molar-refractivity contribution is 7.94. The van der Waals surface area contributed by atoms with E-state index < -0.39 is 27.3 Å². The van der Waals surface area contributed by atoms with Crippen LogP contribution in [0.25, 0.3) is 0 Å². The molecule has 4 nitrogen and oxygen atoms in total. The molecule has 0 spiro atoms. The van der Waals surface area contributed by atoms with Crippen LogP contribution in [0.4, 0.5) is 14.5 Å². The van der Waals surface area contributed by atoms with Gasteiger partial charge in [-0.05, 0) is 18.2 Å². The Balaban J connectivity index is 2.33. The number of rotatable bonds is 5. The first-order valence-electron chi connectivity index (χ1n) is 5.70. The van der Waals surface area contributed by atoms with Crippen LogP contribution in [0.3, 0.4) is 0 Å². The number of aliphatic hydroxyl groups is 1. The molecule has 9 heteroatoms. The van der Waals surface area contributed by atoms with E-state index in [1.807, 2.05) is 4.72 Å². The van der Waals surface area contributed by atoms with E-state index in [4.69, 9.17) is 16.7 Å². The van der Waals surface area contributed by atoms with E-state index in [1.54, 1.807) is 6.07 Å². The molecule has 0 unspecified atom stereocenters. The van der Waals surface area contributed by atoms with Gasteiger partial charge in [-0.15, -0.1) is 11.3 Å². The average Bonchev–Trinajstić information content (AvgIpc) is 2.84. The fourth-order valence-electron chi connectivity index (χ4n) is 1.57. The lowest BCUT2D eigenvalue weighted by molar-refractivity contribution is 0.300. The highest BCUT2D eigenvalue weighted by Crippen LogP contribution is 2.30. The molecule has 0 aliphatic heterocycles. The smallest absolute Gasteiger partial charge is 0.271 e. The van der Waals surface area contributed by atoms with Crippen LogP contribution >= 0.6 is 22.9 Å². The van der Waals surface area contributed by atoms with Gasteiger partial charge >= 0.3 is 0 Å². The molecule has 0 aliphatic rings. The lowest BCUT2D eigenvalue weighted by Crippen LogP contribution is -2.13. The van der Waals surface area contributed by atoms with Gasteiger partial charge in [-0.25, -0.2) is 17.2 Å². The summed E-state index contributed by atoms with van der Waals surface area (Å²) in [7, 11) is -4.03. The van der Waals surface area contributed by atoms with Crippen LogP contribution in [0.15, 0.2) is 28.5 Å². The highest BCUT2D eigenvalue weighted by atomic mass is 35.5. The molecule has 1 aromatic heterocycles. The Morgan fingerprint density at radius 1 is 1.29 bits per heavy atom. The molecule has 0 fully saturated rings. The van der Waals surface area contributed by atoms with E-state index in [0.717, 1.165) is 17.4 Å². The molecule has 21 heavy (non-hydrogen) atoms. The topological polar surface area (TPSA) is 66.4 Å². The molecule has 2 rings (SSSR count). The Morgan fingerprint density at radius 2 is 2.00 bits per heavy atom. The molecule has 2 aromatic rings. The molecule has 1 heterocycles. The van der Waals surface area contributed by atoms with Crippen LogP contribution in [-0.2, 0) is 16.4 Å². The molecule has 0 aliphatic carbocycles. The maximum absolute atomic E-state index is 13.6. The first kappa shape index (κ1) is 16.2. The average molecular weight is 354 g/mol. The molecular formula is C12H10ClF2NO3S2. The number of hydrogen-bond acceptors (Lipinski definition) is 4. The van der Waals surface area contributed by atoms with Crippen molar-refractivity contribution in [3.05, 3.63) is 45.8 Å².